The Morgan fingerprint density at radius 2 is 1.83 bits per heavy atom. The number of aromatic nitrogens is 2. The van der Waals surface area contributed by atoms with E-state index in [2.05, 4.69) is 15.3 Å². The highest BCUT2D eigenvalue weighted by Crippen LogP contribution is 2.35. The Hall–Kier alpha value is -1.82. The van der Waals surface area contributed by atoms with E-state index in [9.17, 15) is 13.2 Å². The van der Waals surface area contributed by atoms with Crippen LogP contribution >= 0.6 is 11.6 Å². The molecule has 0 saturated heterocycles. The van der Waals surface area contributed by atoms with E-state index in [1.165, 1.54) is 30.5 Å². The number of nitrogens with zero attached hydrogens (tertiary/aromatic N) is 2. The van der Waals surface area contributed by atoms with Gasteiger partial charge in [0.15, 0.2) is 0 Å². The van der Waals surface area contributed by atoms with Crippen molar-refractivity contribution in [2.24, 2.45) is 0 Å². The summed E-state index contributed by atoms with van der Waals surface area (Å²) < 4.78 is 38.2. The zero-order chi connectivity index (χ0) is 13.2. The summed E-state index contributed by atoms with van der Waals surface area (Å²) in [5, 5.41) is 2.53. The van der Waals surface area contributed by atoms with Crippen molar-refractivity contribution in [3.8, 4) is 0 Å². The van der Waals surface area contributed by atoms with E-state index < -0.39 is 11.7 Å². The van der Waals surface area contributed by atoms with E-state index >= 15 is 0 Å². The lowest BCUT2D eigenvalue weighted by Crippen LogP contribution is -2.09. The molecule has 94 valence electrons. The molecule has 0 fully saturated rings. The van der Waals surface area contributed by atoms with Crippen molar-refractivity contribution in [3.63, 3.8) is 0 Å². The first-order valence-corrected chi connectivity index (χ1v) is 5.26. The first-order valence-electron chi connectivity index (χ1n) is 4.88. The largest absolute Gasteiger partial charge is 0.418 e. The molecule has 0 saturated carbocycles. The highest BCUT2D eigenvalue weighted by atomic mass is 35.5. The van der Waals surface area contributed by atoms with Gasteiger partial charge in [0.25, 0.3) is 0 Å². The lowest BCUT2D eigenvalue weighted by molar-refractivity contribution is -0.136. The van der Waals surface area contributed by atoms with Gasteiger partial charge in [0.1, 0.15) is 5.82 Å². The molecule has 0 spiro atoms. The minimum atomic E-state index is -4.43. The van der Waals surface area contributed by atoms with Crippen molar-refractivity contribution in [2.75, 3.05) is 5.32 Å². The van der Waals surface area contributed by atoms with Gasteiger partial charge in [-0.25, -0.2) is 9.97 Å². The second-order valence-electron chi connectivity index (χ2n) is 3.38. The van der Waals surface area contributed by atoms with Crippen LogP contribution in [-0.4, -0.2) is 9.97 Å². The van der Waals surface area contributed by atoms with Gasteiger partial charge in [-0.15, -0.1) is 0 Å². The van der Waals surface area contributed by atoms with E-state index in [0.717, 1.165) is 6.07 Å². The molecule has 0 amide bonds. The summed E-state index contributed by atoms with van der Waals surface area (Å²) in [6.07, 6.45) is -3.08. The molecule has 7 heteroatoms. The van der Waals surface area contributed by atoms with Gasteiger partial charge in [-0.2, -0.15) is 13.2 Å². The lowest BCUT2D eigenvalue weighted by atomic mass is 10.1. The average molecular weight is 274 g/mol. The highest BCUT2D eigenvalue weighted by molar-refractivity contribution is 6.28. The van der Waals surface area contributed by atoms with E-state index in [0.29, 0.717) is 0 Å². The molecular formula is C11H7ClF3N3. The highest BCUT2D eigenvalue weighted by Gasteiger charge is 2.33. The van der Waals surface area contributed by atoms with Crippen molar-refractivity contribution < 1.29 is 13.2 Å². The maximum atomic E-state index is 12.7. The average Bonchev–Trinajstić information content (AvgIpc) is 2.28. The molecule has 1 aromatic heterocycles. The smallest absolute Gasteiger partial charge is 0.340 e. The molecular weight excluding hydrogens is 267 g/mol. The third kappa shape index (κ3) is 2.89. The van der Waals surface area contributed by atoms with Crippen LogP contribution in [0.3, 0.4) is 0 Å². The number of benzene rings is 1. The number of hydrogen-bond acceptors (Lipinski definition) is 3. The first-order chi connectivity index (χ1) is 8.47. The third-order valence-corrected chi connectivity index (χ3v) is 2.30. The molecule has 18 heavy (non-hydrogen) atoms. The van der Waals surface area contributed by atoms with Crippen LogP contribution in [0.5, 0.6) is 0 Å². The molecule has 0 aliphatic carbocycles. The van der Waals surface area contributed by atoms with Gasteiger partial charge in [0.05, 0.1) is 11.3 Å². The molecule has 1 aromatic carbocycles. The fourth-order valence-corrected chi connectivity index (χ4v) is 1.53. The standard InChI is InChI=1S/C11H7ClF3N3/c12-10-16-6-5-9(18-10)17-8-4-2-1-3-7(8)11(13,14)15/h1-6H,(H,16,17,18). The van der Waals surface area contributed by atoms with Gasteiger partial charge in [0, 0.05) is 6.20 Å². The summed E-state index contributed by atoms with van der Waals surface area (Å²) in [6, 6.07) is 6.56. The second-order valence-corrected chi connectivity index (χ2v) is 3.72. The molecule has 0 aliphatic rings. The van der Waals surface area contributed by atoms with Crippen molar-refractivity contribution in [1.82, 2.24) is 9.97 Å². The molecule has 2 aromatic rings. The van der Waals surface area contributed by atoms with Gasteiger partial charge < -0.3 is 5.32 Å². The monoisotopic (exact) mass is 273 g/mol. The van der Waals surface area contributed by atoms with Gasteiger partial charge in [-0.1, -0.05) is 12.1 Å². The summed E-state index contributed by atoms with van der Waals surface area (Å²) in [7, 11) is 0. The quantitative estimate of drug-likeness (QED) is 0.844. The van der Waals surface area contributed by atoms with Gasteiger partial charge in [-0.05, 0) is 29.8 Å². The van der Waals surface area contributed by atoms with Crippen molar-refractivity contribution >= 4 is 23.1 Å². The maximum absolute atomic E-state index is 12.7. The van der Waals surface area contributed by atoms with Crippen LogP contribution in [0.4, 0.5) is 24.7 Å². The van der Waals surface area contributed by atoms with Crippen LogP contribution in [0, 0.1) is 0 Å². The van der Waals surface area contributed by atoms with Crippen LogP contribution in [-0.2, 0) is 6.18 Å². The van der Waals surface area contributed by atoms with Crippen molar-refractivity contribution in [1.29, 1.82) is 0 Å². The minimum Gasteiger partial charge on any atom is -0.340 e. The van der Waals surface area contributed by atoms with Crippen LogP contribution in [0.15, 0.2) is 36.5 Å². The summed E-state index contributed by atoms with van der Waals surface area (Å²) in [5.74, 6) is 0.201. The molecule has 0 bridgehead atoms. The number of para-hydroxylation sites is 1. The van der Waals surface area contributed by atoms with Gasteiger partial charge in [0.2, 0.25) is 5.28 Å². The SMILES string of the molecule is FC(F)(F)c1ccccc1Nc1ccnc(Cl)n1. The number of alkyl halides is 3. The number of halogens is 4. The third-order valence-electron chi connectivity index (χ3n) is 2.12. The van der Waals surface area contributed by atoms with E-state index in [1.54, 1.807) is 0 Å². The Morgan fingerprint density at radius 3 is 2.50 bits per heavy atom. The Morgan fingerprint density at radius 1 is 1.11 bits per heavy atom. The molecule has 2 rings (SSSR count). The molecule has 0 unspecified atom stereocenters. The van der Waals surface area contributed by atoms with Crippen LogP contribution < -0.4 is 5.32 Å². The predicted molar refractivity (Wildman–Crippen MR) is 61.8 cm³/mol. The Balaban J connectivity index is 2.35. The molecule has 0 atom stereocenters. The molecule has 0 radical (unpaired) electrons. The summed E-state index contributed by atoms with van der Waals surface area (Å²) in [6.45, 7) is 0. The van der Waals surface area contributed by atoms with Crippen LogP contribution in [0.1, 0.15) is 5.56 Å². The normalized spacial score (nSPS) is 11.3. The minimum absolute atomic E-state index is 0.0375. The fourth-order valence-electron chi connectivity index (χ4n) is 1.38. The predicted octanol–water partition coefficient (Wildman–Crippen LogP) is 3.89. The van der Waals surface area contributed by atoms with Crippen LogP contribution in [0.25, 0.3) is 0 Å². The number of rotatable bonds is 2. The zero-order valence-corrected chi connectivity index (χ0v) is 9.63. The summed E-state index contributed by atoms with van der Waals surface area (Å²) >= 11 is 5.56. The lowest BCUT2D eigenvalue weighted by Gasteiger charge is -2.13. The molecule has 0 aliphatic heterocycles. The maximum Gasteiger partial charge on any atom is 0.418 e. The van der Waals surface area contributed by atoms with E-state index in [4.69, 9.17) is 11.6 Å². The number of nitrogens with one attached hydrogen (secondary N) is 1. The van der Waals surface area contributed by atoms with Crippen molar-refractivity contribution in [3.05, 3.63) is 47.4 Å². The van der Waals surface area contributed by atoms with Gasteiger partial charge >= 0.3 is 6.18 Å². The Kier molecular flexibility index (Phi) is 3.38. The van der Waals surface area contributed by atoms with E-state index in [-0.39, 0.29) is 16.8 Å². The van der Waals surface area contributed by atoms with Gasteiger partial charge in [-0.3, -0.25) is 0 Å². The first kappa shape index (κ1) is 12.6. The summed E-state index contributed by atoms with van der Waals surface area (Å²) in [4.78, 5) is 7.41. The Bertz CT molecular complexity index is 557. The molecule has 1 heterocycles. The number of hydrogen-bond donors (Lipinski definition) is 1. The Labute approximate surface area is 106 Å². The fraction of sp³-hybridized carbons (Fsp3) is 0.0909. The summed E-state index contributed by atoms with van der Waals surface area (Å²) in [5.41, 5.74) is -0.848. The number of anilines is 2. The molecule has 3 nitrogen and oxygen atoms in total. The van der Waals surface area contributed by atoms with E-state index in [1.807, 2.05) is 0 Å². The molecule has 1 N–H and O–H groups in total. The van der Waals surface area contributed by atoms with Crippen LogP contribution in [0.2, 0.25) is 5.28 Å². The van der Waals surface area contributed by atoms with Crippen molar-refractivity contribution in [2.45, 2.75) is 6.18 Å². The second kappa shape index (κ2) is 4.81. The topological polar surface area (TPSA) is 37.8 Å². The zero-order valence-electron chi connectivity index (χ0n) is 8.87.